The van der Waals surface area contributed by atoms with E-state index in [9.17, 15) is 9.18 Å². The third-order valence-electron chi connectivity index (χ3n) is 6.67. The van der Waals surface area contributed by atoms with Gasteiger partial charge in [0.1, 0.15) is 5.82 Å². The minimum Gasteiger partial charge on any atom is -0.364 e. The SMILES string of the molecule is C[C@]12CC[C@@H]3C[C@@]1(C(=O)Nc1ccc(F)cc1)OC[C@@]32C. The van der Waals surface area contributed by atoms with E-state index in [1.165, 1.54) is 18.6 Å². The number of halogens is 1. The van der Waals surface area contributed by atoms with E-state index in [4.69, 9.17) is 4.74 Å². The summed E-state index contributed by atoms with van der Waals surface area (Å²) in [7, 11) is 0. The molecule has 4 rings (SSSR count). The van der Waals surface area contributed by atoms with Gasteiger partial charge < -0.3 is 10.1 Å². The quantitative estimate of drug-likeness (QED) is 0.906. The average molecular weight is 289 g/mol. The van der Waals surface area contributed by atoms with Crippen molar-refractivity contribution in [2.24, 2.45) is 16.7 Å². The standard InChI is InChI=1S/C17H20FNO2/c1-15-10-21-17(9-11(15)7-8-16(15,17)2)14(20)19-13-5-3-12(18)4-6-13/h3-6,11H,7-10H2,1-2H3,(H,19,20)/t11-,15+,16-,17+/m1/s1. The predicted octanol–water partition coefficient (Wildman–Crippen LogP) is 3.36. The van der Waals surface area contributed by atoms with Crippen molar-refractivity contribution >= 4 is 11.6 Å². The molecule has 1 heterocycles. The average Bonchev–Trinajstić information content (AvgIpc) is 2.93. The Balaban J connectivity index is 1.65. The van der Waals surface area contributed by atoms with Crippen LogP contribution in [0, 0.1) is 22.6 Å². The molecule has 1 aromatic rings. The van der Waals surface area contributed by atoms with Gasteiger partial charge in [0.05, 0.1) is 6.61 Å². The normalized spacial score (nSPS) is 43.3. The van der Waals surface area contributed by atoms with Crippen molar-refractivity contribution in [1.29, 1.82) is 0 Å². The number of nitrogens with one attached hydrogen (secondary N) is 1. The van der Waals surface area contributed by atoms with Crippen LogP contribution in [0.1, 0.15) is 33.1 Å². The first-order valence-electron chi connectivity index (χ1n) is 7.62. The third-order valence-corrected chi connectivity index (χ3v) is 6.67. The van der Waals surface area contributed by atoms with Crippen molar-refractivity contribution in [3.63, 3.8) is 0 Å². The second kappa shape index (κ2) is 3.86. The number of hydrogen-bond acceptors (Lipinski definition) is 2. The van der Waals surface area contributed by atoms with Gasteiger partial charge in [-0.15, -0.1) is 0 Å². The first-order valence-corrected chi connectivity index (χ1v) is 7.62. The Bertz CT molecular complexity index is 616. The molecule has 1 saturated heterocycles. The maximum Gasteiger partial charge on any atom is 0.257 e. The van der Waals surface area contributed by atoms with Crippen LogP contribution in [0.4, 0.5) is 10.1 Å². The van der Waals surface area contributed by atoms with Gasteiger partial charge in [0.15, 0.2) is 5.60 Å². The van der Waals surface area contributed by atoms with E-state index < -0.39 is 5.60 Å². The Hall–Kier alpha value is -1.42. The molecule has 4 atom stereocenters. The Morgan fingerprint density at radius 3 is 2.67 bits per heavy atom. The van der Waals surface area contributed by atoms with Gasteiger partial charge in [-0.1, -0.05) is 13.8 Å². The van der Waals surface area contributed by atoms with E-state index in [0.29, 0.717) is 18.2 Å². The first kappa shape index (κ1) is 13.3. The van der Waals surface area contributed by atoms with Gasteiger partial charge in [0, 0.05) is 16.5 Å². The summed E-state index contributed by atoms with van der Waals surface area (Å²) in [6, 6.07) is 5.89. The molecule has 21 heavy (non-hydrogen) atoms. The van der Waals surface area contributed by atoms with Crippen molar-refractivity contribution in [3.05, 3.63) is 30.1 Å². The van der Waals surface area contributed by atoms with Crippen LogP contribution in [-0.2, 0) is 9.53 Å². The molecule has 1 N–H and O–H groups in total. The van der Waals surface area contributed by atoms with Crippen LogP contribution in [0.15, 0.2) is 24.3 Å². The van der Waals surface area contributed by atoms with E-state index in [1.54, 1.807) is 12.1 Å². The fraction of sp³-hybridized carbons (Fsp3) is 0.588. The zero-order valence-electron chi connectivity index (χ0n) is 12.4. The topological polar surface area (TPSA) is 38.3 Å². The van der Waals surface area contributed by atoms with Gasteiger partial charge in [-0.3, -0.25) is 4.79 Å². The molecule has 1 aromatic carbocycles. The third kappa shape index (κ3) is 1.39. The second-order valence-electron chi connectivity index (χ2n) is 7.27. The largest absolute Gasteiger partial charge is 0.364 e. The molecule has 0 radical (unpaired) electrons. The Morgan fingerprint density at radius 2 is 2.05 bits per heavy atom. The molecule has 4 bridgehead atoms. The van der Waals surface area contributed by atoms with Crippen LogP contribution in [0.3, 0.4) is 0 Å². The lowest BCUT2D eigenvalue weighted by Gasteiger charge is -2.39. The molecule has 0 unspecified atom stereocenters. The van der Waals surface area contributed by atoms with Gasteiger partial charge in [-0.2, -0.15) is 0 Å². The molecule has 0 spiro atoms. The van der Waals surface area contributed by atoms with Crippen LogP contribution in [0.2, 0.25) is 0 Å². The molecule has 0 aromatic heterocycles. The van der Waals surface area contributed by atoms with Gasteiger partial charge >= 0.3 is 0 Å². The van der Waals surface area contributed by atoms with Gasteiger partial charge in [0.2, 0.25) is 0 Å². The fourth-order valence-corrected chi connectivity index (χ4v) is 5.02. The molecule has 2 saturated carbocycles. The fourth-order valence-electron chi connectivity index (χ4n) is 5.02. The van der Waals surface area contributed by atoms with Crippen LogP contribution in [0.25, 0.3) is 0 Å². The van der Waals surface area contributed by atoms with Gasteiger partial charge in [0.25, 0.3) is 5.91 Å². The molecule has 3 fully saturated rings. The Kier molecular flexibility index (Phi) is 2.44. The summed E-state index contributed by atoms with van der Waals surface area (Å²) in [6.45, 7) is 5.15. The Morgan fingerprint density at radius 1 is 1.33 bits per heavy atom. The summed E-state index contributed by atoms with van der Waals surface area (Å²) in [5.74, 6) is 0.209. The number of amides is 1. The van der Waals surface area contributed by atoms with Gasteiger partial charge in [-0.05, 0) is 49.4 Å². The molecule has 112 valence electrons. The lowest BCUT2D eigenvalue weighted by Crippen LogP contribution is -2.52. The molecular weight excluding hydrogens is 269 g/mol. The summed E-state index contributed by atoms with van der Waals surface area (Å²) >= 11 is 0. The van der Waals surface area contributed by atoms with Crippen LogP contribution in [0.5, 0.6) is 0 Å². The number of carbonyl (C=O) groups is 1. The van der Waals surface area contributed by atoms with E-state index in [0.717, 1.165) is 12.8 Å². The molecule has 3 nitrogen and oxygen atoms in total. The highest BCUT2D eigenvalue weighted by Gasteiger charge is 2.78. The van der Waals surface area contributed by atoms with Crippen molar-refractivity contribution in [1.82, 2.24) is 0 Å². The lowest BCUT2D eigenvalue weighted by molar-refractivity contribution is -0.149. The van der Waals surface area contributed by atoms with Crippen molar-refractivity contribution < 1.29 is 13.9 Å². The van der Waals surface area contributed by atoms with E-state index in [2.05, 4.69) is 19.2 Å². The number of rotatable bonds is 2. The van der Waals surface area contributed by atoms with Crippen LogP contribution >= 0.6 is 0 Å². The van der Waals surface area contributed by atoms with Crippen molar-refractivity contribution in [2.75, 3.05) is 11.9 Å². The minimum atomic E-state index is -0.709. The van der Waals surface area contributed by atoms with Gasteiger partial charge in [-0.25, -0.2) is 4.39 Å². The Labute approximate surface area is 123 Å². The van der Waals surface area contributed by atoms with E-state index >= 15 is 0 Å². The summed E-state index contributed by atoms with van der Waals surface area (Å²) in [5, 5.41) is 2.93. The second-order valence-corrected chi connectivity index (χ2v) is 7.27. The zero-order chi connectivity index (χ0) is 14.9. The number of anilines is 1. The molecular formula is C17H20FNO2. The molecule has 1 amide bonds. The highest BCUT2D eigenvalue weighted by Crippen LogP contribution is 2.75. The smallest absolute Gasteiger partial charge is 0.257 e. The molecule has 3 aliphatic rings. The monoisotopic (exact) mass is 289 g/mol. The summed E-state index contributed by atoms with van der Waals surface area (Å²) < 4.78 is 19.0. The lowest BCUT2D eigenvalue weighted by atomic mass is 9.66. The van der Waals surface area contributed by atoms with Crippen molar-refractivity contribution in [2.45, 2.75) is 38.7 Å². The minimum absolute atomic E-state index is 0.0671. The predicted molar refractivity (Wildman–Crippen MR) is 77.3 cm³/mol. The van der Waals surface area contributed by atoms with Crippen LogP contribution in [-0.4, -0.2) is 18.1 Å². The number of hydrogen-bond donors (Lipinski definition) is 1. The molecule has 2 aliphatic carbocycles. The number of ether oxygens (including phenoxy) is 1. The van der Waals surface area contributed by atoms with Crippen molar-refractivity contribution in [3.8, 4) is 0 Å². The summed E-state index contributed by atoms with van der Waals surface area (Å²) in [4.78, 5) is 12.9. The highest BCUT2D eigenvalue weighted by molar-refractivity contribution is 5.99. The number of carbonyl (C=O) groups excluding carboxylic acids is 1. The molecule has 1 aliphatic heterocycles. The zero-order valence-corrected chi connectivity index (χ0v) is 12.4. The first-order chi connectivity index (χ1) is 9.91. The van der Waals surface area contributed by atoms with E-state index in [1.807, 2.05) is 0 Å². The van der Waals surface area contributed by atoms with Crippen LogP contribution < -0.4 is 5.32 Å². The highest BCUT2D eigenvalue weighted by atomic mass is 19.1. The maximum absolute atomic E-state index is 13.0. The number of benzene rings is 1. The van der Waals surface area contributed by atoms with E-state index in [-0.39, 0.29) is 22.6 Å². The summed E-state index contributed by atoms with van der Waals surface area (Å²) in [5.41, 5.74) is -0.0552. The molecule has 4 heteroatoms. The summed E-state index contributed by atoms with van der Waals surface area (Å²) in [6.07, 6.45) is 3.06. The maximum atomic E-state index is 13.0.